The molecule has 2 aliphatic rings. The highest BCUT2D eigenvalue weighted by molar-refractivity contribution is 5.92. The van der Waals surface area contributed by atoms with Crippen LogP contribution in [-0.4, -0.2) is 35.2 Å². The van der Waals surface area contributed by atoms with Gasteiger partial charge in [0.15, 0.2) is 11.9 Å². The van der Waals surface area contributed by atoms with E-state index >= 15 is 0 Å². The molecule has 0 fully saturated rings. The molecule has 3 rings (SSSR count). The predicted molar refractivity (Wildman–Crippen MR) is 89.3 cm³/mol. The van der Waals surface area contributed by atoms with Gasteiger partial charge in [-0.2, -0.15) is 0 Å². The van der Waals surface area contributed by atoms with Crippen LogP contribution in [0.15, 0.2) is 30.0 Å². The number of fused-ring (bicyclic) bond motifs is 1. The predicted octanol–water partition coefficient (Wildman–Crippen LogP) is 2.70. The summed E-state index contributed by atoms with van der Waals surface area (Å²) >= 11 is 0. The lowest BCUT2D eigenvalue weighted by molar-refractivity contribution is -0.188. The first-order valence-corrected chi connectivity index (χ1v) is 8.19. The van der Waals surface area contributed by atoms with Crippen molar-refractivity contribution < 1.29 is 28.9 Å². The van der Waals surface area contributed by atoms with Crippen LogP contribution in [-0.2, 0) is 14.3 Å². The van der Waals surface area contributed by atoms with Gasteiger partial charge >= 0.3 is 5.97 Å². The van der Waals surface area contributed by atoms with Crippen LogP contribution in [0, 0.1) is 0 Å². The Morgan fingerprint density at radius 3 is 2.60 bits per heavy atom. The third-order valence-corrected chi connectivity index (χ3v) is 5.02. The second kappa shape index (κ2) is 5.88. The van der Waals surface area contributed by atoms with Crippen molar-refractivity contribution in [3.8, 4) is 5.75 Å². The third kappa shape index (κ3) is 2.91. The molecule has 1 aromatic carbocycles. The van der Waals surface area contributed by atoms with Crippen LogP contribution in [0.25, 0.3) is 0 Å². The monoisotopic (exact) mass is 346 g/mol. The summed E-state index contributed by atoms with van der Waals surface area (Å²) in [6.07, 6.45) is 1.58. The van der Waals surface area contributed by atoms with E-state index in [4.69, 9.17) is 14.2 Å². The Hall–Kier alpha value is -2.34. The van der Waals surface area contributed by atoms with Crippen molar-refractivity contribution in [3.05, 3.63) is 41.2 Å². The molecule has 1 heterocycles. The molecule has 0 radical (unpaired) electrons. The molecule has 0 spiro atoms. The van der Waals surface area contributed by atoms with Crippen LogP contribution in [0.1, 0.15) is 55.6 Å². The SMILES string of the molecule is COC(=O)c1ccc2c(c1)C(OC1=CC(=O)CC1)C(C)(O)C(C)(C)O2. The van der Waals surface area contributed by atoms with Gasteiger partial charge in [-0.15, -0.1) is 0 Å². The van der Waals surface area contributed by atoms with Gasteiger partial charge in [-0.25, -0.2) is 4.79 Å². The molecular weight excluding hydrogens is 324 g/mol. The number of hydrogen-bond donors (Lipinski definition) is 1. The van der Waals surface area contributed by atoms with E-state index in [-0.39, 0.29) is 5.78 Å². The van der Waals surface area contributed by atoms with Gasteiger partial charge in [-0.05, 0) is 39.0 Å². The number of ether oxygens (including phenoxy) is 3. The van der Waals surface area contributed by atoms with Gasteiger partial charge in [0.25, 0.3) is 0 Å². The first kappa shape index (κ1) is 17.5. The Morgan fingerprint density at radius 1 is 1.28 bits per heavy atom. The second-order valence-electron chi connectivity index (χ2n) is 7.08. The Labute approximate surface area is 146 Å². The van der Waals surface area contributed by atoms with Gasteiger partial charge in [0, 0.05) is 24.5 Å². The van der Waals surface area contributed by atoms with Crippen molar-refractivity contribution in [1.82, 2.24) is 0 Å². The van der Waals surface area contributed by atoms with Gasteiger partial charge in [-0.3, -0.25) is 4.79 Å². The van der Waals surface area contributed by atoms with E-state index in [9.17, 15) is 14.7 Å². The largest absolute Gasteiger partial charge is 0.487 e. The summed E-state index contributed by atoms with van der Waals surface area (Å²) in [5.41, 5.74) is -1.43. The van der Waals surface area contributed by atoms with Gasteiger partial charge in [0.1, 0.15) is 22.7 Å². The number of methoxy groups -OCH3 is 1. The van der Waals surface area contributed by atoms with Gasteiger partial charge in [0.2, 0.25) is 0 Å². The topological polar surface area (TPSA) is 82.1 Å². The molecule has 0 aromatic heterocycles. The van der Waals surface area contributed by atoms with Gasteiger partial charge in [-0.1, -0.05) is 0 Å². The van der Waals surface area contributed by atoms with Crippen LogP contribution in [0.3, 0.4) is 0 Å². The zero-order valence-corrected chi connectivity index (χ0v) is 14.8. The minimum absolute atomic E-state index is 0.00416. The van der Waals surface area contributed by atoms with Crippen molar-refractivity contribution >= 4 is 11.8 Å². The standard InChI is InChI=1S/C19H22O6/c1-18(2)19(3,22)16(24-13-7-6-12(20)10-13)14-9-11(17(21)23-4)5-8-15(14)25-18/h5,8-10,16,22H,6-7H2,1-4H3. The third-order valence-electron chi connectivity index (χ3n) is 5.02. The van der Waals surface area contributed by atoms with Crippen LogP contribution >= 0.6 is 0 Å². The zero-order chi connectivity index (χ0) is 18.4. The minimum atomic E-state index is -1.39. The van der Waals surface area contributed by atoms with Crippen LogP contribution in [0.2, 0.25) is 0 Å². The lowest BCUT2D eigenvalue weighted by atomic mass is 9.76. The van der Waals surface area contributed by atoms with Crippen molar-refractivity contribution in [2.45, 2.75) is 50.9 Å². The fourth-order valence-corrected chi connectivity index (χ4v) is 3.08. The average Bonchev–Trinajstić information content (AvgIpc) is 2.96. The lowest BCUT2D eigenvalue weighted by Crippen LogP contribution is -2.58. The fraction of sp³-hybridized carbons (Fsp3) is 0.474. The summed E-state index contributed by atoms with van der Waals surface area (Å²) < 4.78 is 16.7. The summed E-state index contributed by atoms with van der Waals surface area (Å²) in [5.74, 6) is 0.576. The number of allylic oxidation sites excluding steroid dienone is 2. The molecule has 0 saturated heterocycles. The summed E-state index contributed by atoms with van der Waals surface area (Å²) in [4.78, 5) is 23.4. The lowest BCUT2D eigenvalue weighted by Gasteiger charge is -2.49. The number of benzene rings is 1. The Bertz CT molecular complexity index is 759. The molecule has 2 atom stereocenters. The molecule has 0 saturated carbocycles. The number of carbonyl (C=O) groups is 2. The summed E-state index contributed by atoms with van der Waals surface area (Å²) in [7, 11) is 1.31. The maximum atomic E-state index is 11.9. The van der Waals surface area contributed by atoms with Crippen molar-refractivity contribution in [2.24, 2.45) is 0 Å². The van der Waals surface area contributed by atoms with E-state index in [0.29, 0.717) is 35.5 Å². The highest BCUT2D eigenvalue weighted by Crippen LogP contribution is 2.49. The Balaban J connectivity index is 2.08. The van der Waals surface area contributed by atoms with Gasteiger partial charge in [0.05, 0.1) is 12.7 Å². The van der Waals surface area contributed by atoms with Crippen LogP contribution < -0.4 is 4.74 Å². The van der Waals surface area contributed by atoms with Crippen LogP contribution in [0.5, 0.6) is 5.75 Å². The first-order valence-electron chi connectivity index (χ1n) is 8.19. The van der Waals surface area contributed by atoms with Crippen molar-refractivity contribution in [1.29, 1.82) is 0 Å². The molecule has 1 aliphatic heterocycles. The molecule has 6 heteroatoms. The van der Waals surface area contributed by atoms with E-state index in [1.54, 1.807) is 39.0 Å². The van der Waals surface area contributed by atoms with E-state index < -0.39 is 23.3 Å². The zero-order valence-electron chi connectivity index (χ0n) is 14.8. The number of ketones is 1. The van der Waals surface area contributed by atoms with Crippen LogP contribution in [0.4, 0.5) is 0 Å². The molecule has 25 heavy (non-hydrogen) atoms. The number of esters is 1. The second-order valence-corrected chi connectivity index (χ2v) is 7.08. The number of aliphatic hydroxyl groups is 1. The van der Waals surface area contributed by atoms with Crippen molar-refractivity contribution in [2.75, 3.05) is 7.11 Å². The smallest absolute Gasteiger partial charge is 0.337 e. The van der Waals surface area contributed by atoms with E-state index in [1.165, 1.54) is 13.2 Å². The molecule has 1 aromatic rings. The van der Waals surface area contributed by atoms with Gasteiger partial charge < -0.3 is 19.3 Å². The molecule has 2 unspecified atom stereocenters. The molecular formula is C19H22O6. The number of carbonyl (C=O) groups excluding carboxylic acids is 2. The van der Waals surface area contributed by atoms with E-state index in [2.05, 4.69) is 0 Å². The highest BCUT2D eigenvalue weighted by atomic mass is 16.6. The molecule has 1 aliphatic carbocycles. The summed E-state index contributed by atoms with van der Waals surface area (Å²) in [5, 5.41) is 11.1. The first-order chi connectivity index (χ1) is 11.7. The Kier molecular flexibility index (Phi) is 4.11. The minimum Gasteiger partial charge on any atom is -0.487 e. The molecule has 1 N–H and O–H groups in total. The van der Waals surface area contributed by atoms with E-state index in [1.807, 2.05) is 0 Å². The van der Waals surface area contributed by atoms with E-state index in [0.717, 1.165) is 0 Å². The quantitative estimate of drug-likeness (QED) is 0.848. The normalized spacial score (nSPS) is 27.2. The average molecular weight is 346 g/mol. The molecule has 134 valence electrons. The number of hydrogen-bond acceptors (Lipinski definition) is 6. The number of rotatable bonds is 3. The molecule has 0 bridgehead atoms. The Morgan fingerprint density at radius 2 is 2.00 bits per heavy atom. The fourth-order valence-electron chi connectivity index (χ4n) is 3.08. The highest BCUT2D eigenvalue weighted by Gasteiger charge is 2.54. The summed E-state index contributed by atoms with van der Waals surface area (Å²) in [6, 6.07) is 4.88. The van der Waals surface area contributed by atoms with Crippen molar-refractivity contribution in [3.63, 3.8) is 0 Å². The molecule has 0 amide bonds. The summed E-state index contributed by atoms with van der Waals surface area (Å²) in [6.45, 7) is 5.17. The molecule has 6 nitrogen and oxygen atoms in total. The maximum absolute atomic E-state index is 11.9. The maximum Gasteiger partial charge on any atom is 0.337 e.